The quantitative estimate of drug-likeness (QED) is 0.826. The third-order valence-electron chi connectivity index (χ3n) is 4.37. The minimum Gasteiger partial charge on any atom is -0.326 e. The molecule has 4 nitrogen and oxygen atoms in total. The van der Waals surface area contributed by atoms with Gasteiger partial charge in [-0.2, -0.15) is 0 Å². The van der Waals surface area contributed by atoms with E-state index in [0.717, 1.165) is 19.5 Å². The maximum atomic E-state index is 6.36. The molecule has 0 amide bonds. The number of likely N-dealkylation sites (tertiary alicyclic amines) is 1. The molecule has 2 N–H and O–H groups in total. The number of rotatable bonds is 7. The lowest BCUT2D eigenvalue weighted by molar-refractivity contribution is 0.182. The molecule has 20 heavy (non-hydrogen) atoms. The molecule has 1 aromatic heterocycles. The van der Waals surface area contributed by atoms with E-state index in [9.17, 15) is 0 Å². The smallest absolute Gasteiger partial charge is 0.0497 e. The SMILES string of the molecule is CCC(N)C(c1ccncc1)N(C)CCN1CCCC1. The summed E-state index contributed by atoms with van der Waals surface area (Å²) >= 11 is 0. The Kier molecular flexibility index (Phi) is 5.95. The Hall–Kier alpha value is -0.970. The number of pyridine rings is 1. The molecule has 0 aliphatic carbocycles. The van der Waals surface area contributed by atoms with E-state index in [1.54, 1.807) is 0 Å². The maximum Gasteiger partial charge on any atom is 0.0497 e. The lowest BCUT2D eigenvalue weighted by atomic mass is 9.97. The molecule has 0 bridgehead atoms. The average molecular weight is 276 g/mol. The first-order valence-electron chi connectivity index (χ1n) is 7.80. The van der Waals surface area contributed by atoms with Gasteiger partial charge in [0.25, 0.3) is 0 Å². The molecular weight excluding hydrogens is 248 g/mol. The zero-order valence-corrected chi connectivity index (χ0v) is 12.8. The first-order chi connectivity index (χ1) is 9.72. The number of hydrogen-bond acceptors (Lipinski definition) is 4. The van der Waals surface area contributed by atoms with Gasteiger partial charge < -0.3 is 10.6 Å². The second-order valence-corrected chi connectivity index (χ2v) is 5.83. The van der Waals surface area contributed by atoms with E-state index in [2.05, 4.69) is 40.9 Å². The summed E-state index contributed by atoms with van der Waals surface area (Å²) in [6.45, 7) is 6.89. The molecule has 1 aliphatic heterocycles. The van der Waals surface area contributed by atoms with Crippen LogP contribution in [0.5, 0.6) is 0 Å². The van der Waals surface area contributed by atoms with Crippen LogP contribution < -0.4 is 5.73 Å². The Morgan fingerprint density at radius 2 is 1.95 bits per heavy atom. The highest BCUT2D eigenvalue weighted by atomic mass is 15.2. The number of likely N-dealkylation sites (N-methyl/N-ethyl adjacent to an activating group) is 1. The zero-order chi connectivity index (χ0) is 14.4. The van der Waals surface area contributed by atoms with Crippen LogP contribution in [0.3, 0.4) is 0 Å². The molecule has 1 saturated heterocycles. The molecule has 2 unspecified atom stereocenters. The van der Waals surface area contributed by atoms with Crippen LogP contribution in [0.15, 0.2) is 24.5 Å². The van der Waals surface area contributed by atoms with E-state index in [1.807, 2.05) is 12.4 Å². The summed E-state index contributed by atoms with van der Waals surface area (Å²) in [7, 11) is 2.19. The van der Waals surface area contributed by atoms with Gasteiger partial charge >= 0.3 is 0 Å². The Bertz CT molecular complexity index is 375. The normalized spacial score (nSPS) is 19.4. The molecule has 112 valence electrons. The lowest BCUT2D eigenvalue weighted by Gasteiger charge is -2.33. The van der Waals surface area contributed by atoms with Crippen molar-refractivity contribution in [1.82, 2.24) is 14.8 Å². The van der Waals surface area contributed by atoms with Gasteiger partial charge in [0, 0.05) is 37.6 Å². The largest absolute Gasteiger partial charge is 0.326 e. The van der Waals surface area contributed by atoms with E-state index < -0.39 is 0 Å². The number of nitrogens with zero attached hydrogens (tertiary/aromatic N) is 3. The topological polar surface area (TPSA) is 45.4 Å². The minimum absolute atomic E-state index is 0.168. The molecule has 1 fully saturated rings. The number of aromatic nitrogens is 1. The van der Waals surface area contributed by atoms with Crippen molar-refractivity contribution in [3.05, 3.63) is 30.1 Å². The van der Waals surface area contributed by atoms with Gasteiger partial charge in [-0.25, -0.2) is 0 Å². The van der Waals surface area contributed by atoms with Crippen molar-refractivity contribution in [3.8, 4) is 0 Å². The summed E-state index contributed by atoms with van der Waals surface area (Å²) in [5.74, 6) is 0. The van der Waals surface area contributed by atoms with Crippen molar-refractivity contribution in [1.29, 1.82) is 0 Å². The highest BCUT2D eigenvalue weighted by Gasteiger charge is 2.23. The first-order valence-corrected chi connectivity index (χ1v) is 7.80. The van der Waals surface area contributed by atoms with Crippen LogP contribution in [0.25, 0.3) is 0 Å². The van der Waals surface area contributed by atoms with Crippen LogP contribution in [0, 0.1) is 0 Å². The summed E-state index contributed by atoms with van der Waals surface area (Å²) in [5.41, 5.74) is 7.63. The molecule has 2 heterocycles. The molecule has 2 atom stereocenters. The van der Waals surface area contributed by atoms with E-state index in [0.29, 0.717) is 0 Å². The van der Waals surface area contributed by atoms with Crippen molar-refractivity contribution < 1.29 is 0 Å². The summed E-state index contributed by atoms with van der Waals surface area (Å²) in [6, 6.07) is 4.63. The van der Waals surface area contributed by atoms with Gasteiger partial charge in [0.15, 0.2) is 0 Å². The molecule has 1 aliphatic rings. The predicted octanol–water partition coefficient (Wildman–Crippen LogP) is 1.89. The fraction of sp³-hybridized carbons (Fsp3) is 0.688. The van der Waals surface area contributed by atoms with Crippen LogP contribution in [0.2, 0.25) is 0 Å². The van der Waals surface area contributed by atoms with E-state index in [-0.39, 0.29) is 12.1 Å². The van der Waals surface area contributed by atoms with Crippen LogP contribution >= 0.6 is 0 Å². The van der Waals surface area contributed by atoms with Gasteiger partial charge in [-0.05, 0) is 57.1 Å². The van der Waals surface area contributed by atoms with Gasteiger partial charge in [0.2, 0.25) is 0 Å². The molecule has 2 rings (SSSR count). The van der Waals surface area contributed by atoms with Crippen molar-refractivity contribution in [2.45, 2.75) is 38.3 Å². The molecule has 4 heteroatoms. The minimum atomic E-state index is 0.168. The van der Waals surface area contributed by atoms with Gasteiger partial charge in [0.05, 0.1) is 0 Å². The van der Waals surface area contributed by atoms with Gasteiger partial charge in [0.1, 0.15) is 0 Å². The molecule has 1 aromatic rings. The van der Waals surface area contributed by atoms with Gasteiger partial charge in [-0.3, -0.25) is 9.88 Å². The van der Waals surface area contributed by atoms with Gasteiger partial charge in [-0.1, -0.05) is 6.92 Å². The monoisotopic (exact) mass is 276 g/mol. The van der Waals surface area contributed by atoms with Crippen LogP contribution in [0.4, 0.5) is 0 Å². The summed E-state index contributed by atoms with van der Waals surface area (Å²) in [6.07, 6.45) is 7.41. The van der Waals surface area contributed by atoms with E-state index in [4.69, 9.17) is 5.73 Å². The Morgan fingerprint density at radius 3 is 2.55 bits per heavy atom. The molecule has 0 saturated carbocycles. The Balaban J connectivity index is 1.98. The third-order valence-corrected chi connectivity index (χ3v) is 4.37. The van der Waals surface area contributed by atoms with Gasteiger partial charge in [-0.15, -0.1) is 0 Å². The average Bonchev–Trinajstić information content (AvgIpc) is 2.99. The van der Waals surface area contributed by atoms with Crippen molar-refractivity contribution >= 4 is 0 Å². The second kappa shape index (κ2) is 7.72. The summed E-state index contributed by atoms with van der Waals surface area (Å²) in [4.78, 5) is 9.07. The number of hydrogen-bond donors (Lipinski definition) is 1. The standard InChI is InChI=1S/C16H28N4/c1-3-15(17)16(14-6-8-18-9-7-14)19(2)12-13-20-10-4-5-11-20/h6-9,15-16H,3-5,10-13,17H2,1-2H3. The fourth-order valence-electron chi connectivity index (χ4n) is 3.06. The van der Waals surface area contributed by atoms with E-state index >= 15 is 0 Å². The molecular formula is C16H28N4. The Morgan fingerprint density at radius 1 is 1.30 bits per heavy atom. The highest BCUT2D eigenvalue weighted by molar-refractivity contribution is 5.17. The first kappa shape index (κ1) is 15.4. The van der Waals surface area contributed by atoms with Crippen LogP contribution in [-0.2, 0) is 0 Å². The second-order valence-electron chi connectivity index (χ2n) is 5.83. The lowest BCUT2D eigenvalue weighted by Crippen LogP contribution is -2.42. The molecule has 0 spiro atoms. The Labute approximate surface area is 123 Å². The van der Waals surface area contributed by atoms with Crippen molar-refractivity contribution in [2.24, 2.45) is 5.73 Å². The summed E-state index contributed by atoms with van der Waals surface area (Å²) < 4.78 is 0. The molecule has 0 aromatic carbocycles. The third kappa shape index (κ3) is 4.01. The van der Waals surface area contributed by atoms with E-state index in [1.165, 1.54) is 31.5 Å². The predicted molar refractivity (Wildman–Crippen MR) is 83.5 cm³/mol. The fourth-order valence-corrected chi connectivity index (χ4v) is 3.06. The zero-order valence-electron chi connectivity index (χ0n) is 12.8. The van der Waals surface area contributed by atoms with Crippen LogP contribution in [0.1, 0.15) is 37.8 Å². The maximum absolute atomic E-state index is 6.36. The highest BCUT2D eigenvalue weighted by Crippen LogP contribution is 2.23. The summed E-state index contributed by atoms with van der Waals surface area (Å²) in [5, 5.41) is 0. The van der Waals surface area contributed by atoms with Crippen molar-refractivity contribution in [3.63, 3.8) is 0 Å². The van der Waals surface area contributed by atoms with Crippen LogP contribution in [-0.4, -0.2) is 54.1 Å². The van der Waals surface area contributed by atoms with Crippen molar-refractivity contribution in [2.75, 3.05) is 33.2 Å². The molecule has 0 radical (unpaired) electrons. The number of nitrogens with two attached hydrogens (primary N) is 1.